The van der Waals surface area contributed by atoms with Gasteiger partial charge in [-0.3, -0.25) is 4.79 Å². The lowest BCUT2D eigenvalue weighted by Gasteiger charge is -2.09. The Labute approximate surface area is 139 Å². The second kappa shape index (κ2) is 8.52. The minimum Gasteiger partial charge on any atom is -0.492 e. The van der Waals surface area contributed by atoms with Crippen LogP contribution in [0.15, 0.2) is 29.4 Å². The summed E-state index contributed by atoms with van der Waals surface area (Å²) in [4.78, 5) is 11.8. The highest BCUT2D eigenvalue weighted by molar-refractivity contribution is 7.99. The summed E-state index contributed by atoms with van der Waals surface area (Å²) in [5, 5.41) is 14.9. The van der Waals surface area contributed by atoms with Gasteiger partial charge in [0.1, 0.15) is 12.4 Å². The number of thioether (sulfide) groups is 1. The van der Waals surface area contributed by atoms with Gasteiger partial charge in [0.2, 0.25) is 11.1 Å². The van der Waals surface area contributed by atoms with E-state index in [-0.39, 0.29) is 17.7 Å². The van der Waals surface area contributed by atoms with Gasteiger partial charge >= 0.3 is 0 Å². The topological polar surface area (TPSA) is 81.9 Å². The normalized spacial score (nSPS) is 10.8. The zero-order valence-corrected chi connectivity index (χ0v) is 14.3. The van der Waals surface area contributed by atoms with E-state index in [0.29, 0.717) is 18.3 Å². The molecule has 0 fully saturated rings. The van der Waals surface area contributed by atoms with Crippen molar-refractivity contribution < 1.29 is 9.53 Å². The maximum atomic E-state index is 11.8. The molecule has 1 aromatic carbocycles. The Morgan fingerprint density at radius 1 is 1.43 bits per heavy atom. The average molecular weight is 335 g/mol. The van der Waals surface area contributed by atoms with E-state index < -0.39 is 0 Å². The van der Waals surface area contributed by atoms with E-state index >= 15 is 0 Å². The predicted molar refractivity (Wildman–Crippen MR) is 88.6 cm³/mol. The standard InChI is InChI=1S/C15H21N5O2S/c1-11(2)20-15(17-18-19-20)23-10-14(21)16-7-8-22-13-6-4-5-12(3)9-13/h4-6,9,11H,7-8,10H2,1-3H3,(H,16,21). The summed E-state index contributed by atoms with van der Waals surface area (Å²) in [6.45, 7) is 6.88. The summed E-state index contributed by atoms with van der Waals surface area (Å²) < 4.78 is 7.27. The molecule has 1 amide bonds. The maximum absolute atomic E-state index is 11.8. The van der Waals surface area contributed by atoms with Gasteiger partial charge in [-0.25, -0.2) is 4.68 Å². The highest BCUT2D eigenvalue weighted by Gasteiger charge is 2.11. The van der Waals surface area contributed by atoms with Gasteiger partial charge in [-0.15, -0.1) is 5.10 Å². The largest absolute Gasteiger partial charge is 0.492 e. The van der Waals surface area contributed by atoms with E-state index in [1.807, 2.05) is 45.0 Å². The van der Waals surface area contributed by atoms with Crippen molar-refractivity contribution in [3.8, 4) is 5.75 Å². The Morgan fingerprint density at radius 2 is 2.26 bits per heavy atom. The molecule has 2 aromatic rings. The second-order valence-corrected chi connectivity index (χ2v) is 6.25. The van der Waals surface area contributed by atoms with Crippen LogP contribution in [0.3, 0.4) is 0 Å². The first-order valence-corrected chi connectivity index (χ1v) is 8.41. The number of carbonyl (C=O) groups excluding carboxylic acids is 1. The van der Waals surface area contributed by atoms with Gasteiger partial charge in [0.05, 0.1) is 18.3 Å². The Kier molecular flexibility index (Phi) is 6.40. The van der Waals surface area contributed by atoms with Crippen molar-refractivity contribution in [2.24, 2.45) is 0 Å². The lowest BCUT2D eigenvalue weighted by Crippen LogP contribution is -2.29. The molecule has 0 saturated carbocycles. The summed E-state index contributed by atoms with van der Waals surface area (Å²) >= 11 is 1.32. The number of benzene rings is 1. The highest BCUT2D eigenvalue weighted by Crippen LogP contribution is 2.16. The number of carbonyl (C=O) groups is 1. The molecule has 0 bridgehead atoms. The van der Waals surface area contributed by atoms with Crippen LogP contribution >= 0.6 is 11.8 Å². The number of nitrogens with one attached hydrogen (secondary N) is 1. The summed E-state index contributed by atoms with van der Waals surface area (Å²) in [7, 11) is 0. The second-order valence-electron chi connectivity index (χ2n) is 5.30. The van der Waals surface area contributed by atoms with Gasteiger partial charge in [-0.1, -0.05) is 23.9 Å². The number of amides is 1. The van der Waals surface area contributed by atoms with Crippen molar-refractivity contribution in [1.29, 1.82) is 0 Å². The molecule has 0 atom stereocenters. The van der Waals surface area contributed by atoms with E-state index in [1.165, 1.54) is 11.8 Å². The lowest BCUT2D eigenvalue weighted by molar-refractivity contribution is -0.118. The Hall–Kier alpha value is -2.09. The number of nitrogens with zero attached hydrogens (tertiary/aromatic N) is 4. The minimum atomic E-state index is -0.0684. The maximum Gasteiger partial charge on any atom is 0.230 e. The third-order valence-electron chi connectivity index (χ3n) is 2.97. The Morgan fingerprint density at radius 3 is 3.00 bits per heavy atom. The fourth-order valence-corrected chi connectivity index (χ4v) is 2.69. The van der Waals surface area contributed by atoms with Gasteiger partial charge in [0.25, 0.3) is 0 Å². The first-order chi connectivity index (χ1) is 11.1. The van der Waals surface area contributed by atoms with Gasteiger partial charge in [-0.2, -0.15) is 0 Å². The average Bonchev–Trinajstić information content (AvgIpc) is 2.98. The molecule has 0 unspecified atom stereocenters. The van der Waals surface area contributed by atoms with Crippen molar-refractivity contribution in [2.45, 2.75) is 32.0 Å². The molecule has 1 heterocycles. The number of ether oxygens (including phenoxy) is 1. The van der Waals surface area contributed by atoms with E-state index in [4.69, 9.17) is 4.74 Å². The van der Waals surface area contributed by atoms with Gasteiger partial charge in [0, 0.05) is 0 Å². The first kappa shape index (κ1) is 17.3. The molecule has 1 aromatic heterocycles. The number of hydrogen-bond donors (Lipinski definition) is 1. The van der Waals surface area contributed by atoms with Gasteiger partial charge < -0.3 is 10.1 Å². The summed E-state index contributed by atoms with van der Waals surface area (Å²) in [6.07, 6.45) is 0. The SMILES string of the molecule is Cc1cccc(OCCNC(=O)CSc2nnnn2C(C)C)c1. The van der Waals surface area contributed by atoms with Crippen molar-refractivity contribution in [3.63, 3.8) is 0 Å². The van der Waals surface area contributed by atoms with Crippen molar-refractivity contribution in [1.82, 2.24) is 25.5 Å². The molecular formula is C15H21N5O2S. The lowest BCUT2D eigenvalue weighted by atomic mass is 10.2. The third-order valence-corrected chi connectivity index (χ3v) is 3.90. The number of hydrogen-bond acceptors (Lipinski definition) is 6. The van der Waals surface area contributed by atoms with Crippen LogP contribution < -0.4 is 10.1 Å². The molecule has 0 radical (unpaired) electrons. The van der Waals surface area contributed by atoms with Crippen LogP contribution in [0.2, 0.25) is 0 Å². The summed E-state index contributed by atoms with van der Waals surface area (Å²) in [5.74, 6) is 1.02. The fraction of sp³-hybridized carbons (Fsp3) is 0.467. The van der Waals surface area contributed by atoms with Crippen LogP contribution in [0.4, 0.5) is 0 Å². The van der Waals surface area contributed by atoms with Crippen LogP contribution in [0.25, 0.3) is 0 Å². The first-order valence-electron chi connectivity index (χ1n) is 7.43. The number of aromatic nitrogens is 4. The zero-order valence-electron chi connectivity index (χ0n) is 13.5. The minimum absolute atomic E-state index is 0.0684. The molecule has 0 aliphatic rings. The summed E-state index contributed by atoms with van der Waals surface area (Å²) in [5.41, 5.74) is 1.14. The smallest absolute Gasteiger partial charge is 0.230 e. The van der Waals surface area contributed by atoms with Crippen molar-refractivity contribution in [2.75, 3.05) is 18.9 Å². The van der Waals surface area contributed by atoms with Crippen LogP contribution in [-0.2, 0) is 4.79 Å². The van der Waals surface area contributed by atoms with Crippen LogP contribution in [0, 0.1) is 6.92 Å². The number of rotatable bonds is 8. The van der Waals surface area contributed by atoms with Gasteiger partial charge in [-0.05, 0) is 48.9 Å². The van der Waals surface area contributed by atoms with E-state index in [2.05, 4.69) is 20.8 Å². The molecule has 0 aliphatic heterocycles. The molecule has 124 valence electrons. The number of aryl methyl sites for hydroxylation is 1. The number of tetrazole rings is 1. The van der Waals surface area contributed by atoms with Crippen molar-refractivity contribution >= 4 is 17.7 Å². The molecule has 8 heteroatoms. The molecule has 23 heavy (non-hydrogen) atoms. The molecule has 1 N–H and O–H groups in total. The third kappa shape index (κ3) is 5.55. The summed E-state index contributed by atoms with van der Waals surface area (Å²) in [6, 6.07) is 7.98. The quantitative estimate of drug-likeness (QED) is 0.586. The molecular weight excluding hydrogens is 314 g/mol. The van der Waals surface area contributed by atoms with E-state index in [9.17, 15) is 4.79 Å². The zero-order chi connectivity index (χ0) is 16.7. The van der Waals surface area contributed by atoms with Crippen LogP contribution in [0.1, 0.15) is 25.5 Å². The molecule has 0 spiro atoms. The highest BCUT2D eigenvalue weighted by atomic mass is 32.2. The van der Waals surface area contributed by atoms with Crippen LogP contribution in [-0.4, -0.2) is 45.0 Å². The fourth-order valence-electron chi connectivity index (χ4n) is 1.85. The molecule has 0 saturated heterocycles. The monoisotopic (exact) mass is 335 g/mol. The van der Waals surface area contributed by atoms with E-state index in [0.717, 1.165) is 11.3 Å². The van der Waals surface area contributed by atoms with Crippen LogP contribution in [0.5, 0.6) is 5.75 Å². The molecule has 2 rings (SSSR count). The molecule has 0 aliphatic carbocycles. The Balaban J connectivity index is 1.66. The Bertz CT molecular complexity index is 644. The molecule has 7 nitrogen and oxygen atoms in total. The predicted octanol–water partition coefficient (Wildman–Crippen LogP) is 1.85. The van der Waals surface area contributed by atoms with E-state index in [1.54, 1.807) is 4.68 Å². The van der Waals surface area contributed by atoms with Gasteiger partial charge in [0.15, 0.2) is 0 Å². The van der Waals surface area contributed by atoms with Crippen molar-refractivity contribution in [3.05, 3.63) is 29.8 Å².